The molecule has 2 fully saturated rings. The molecule has 1 N–H and O–H groups in total. The van der Waals surface area contributed by atoms with Crippen LogP contribution in [0.1, 0.15) is 50.4 Å². The minimum atomic E-state index is 0. The molecule has 2 unspecified atom stereocenters. The van der Waals surface area contributed by atoms with Gasteiger partial charge in [-0.3, -0.25) is 14.7 Å². The highest BCUT2D eigenvalue weighted by molar-refractivity contribution is 5.94. The third-order valence-electron chi connectivity index (χ3n) is 8.62. The van der Waals surface area contributed by atoms with Crippen LogP contribution in [0.25, 0.3) is 10.9 Å². The van der Waals surface area contributed by atoms with Crippen LogP contribution in [-0.4, -0.2) is 47.1 Å². The Morgan fingerprint density at radius 1 is 1.08 bits per heavy atom. The molecule has 2 aromatic carbocycles. The first kappa shape index (κ1) is 22.1. The van der Waals surface area contributed by atoms with E-state index in [2.05, 4.69) is 39.5 Å². The molecule has 6 nitrogen and oxygen atoms in total. The van der Waals surface area contributed by atoms with Gasteiger partial charge < -0.3 is 14.8 Å². The smallest absolute Gasteiger partial charge is 0.224 e. The third-order valence-corrected chi connectivity index (χ3v) is 8.62. The Morgan fingerprint density at radius 3 is 2.81 bits per heavy atom. The van der Waals surface area contributed by atoms with E-state index in [1.54, 1.807) is 0 Å². The third kappa shape index (κ3) is 4.01. The van der Waals surface area contributed by atoms with Gasteiger partial charge in [0.1, 0.15) is 12.7 Å². The van der Waals surface area contributed by atoms with Crippen LogP contribution in [0.4, 0.5) is 5.69 Å². The summed E-state index contributed by atoms with van der Waals surface area (Å²) < 4.78 is 12.7. The first-order chi connectivity index (χ1) is 17.6. The van der Waals surface area contributed by atoms with Gasteiger partial charge >= 0.3 is 0 Å². The lowest BCUT2D eigenvalue weighted by atomic mass is 9.85. The molecule has 0 saturated carbocycles. The summed E-state index contributed by atoms with van der Waals surface area (Å²) in [5.41, 5.74) is 5.61. The van der Waals surface area contributed by atoms with Crippen molar-refractivity contribution in [2.75, 3.05) is 18.5 Å². The summed E-state index contributed by atoms with van der Waals surface area (Å²) in [6.45, 7) is 3.53. The molecule has 0 spiro atoms. The molecule has 2 bridgehead atoms. The zero-order valence-corrected chi connectivity index (χ0v) is 20.8. The molecule has 3 atom stereocenters. The predicted octanol–water partition coefficient (Wildman–Crippen LogP) is 5.30. The van der Waals surface area contributed by atoms with Crippen molar-refractivity contribution in [2.24, 2.45) is 5.92 Å². The van der Waals surface area contributed by atoms with Gasteiger partial charge in [-0.1, -0.05) is 12.1 Å². The molecule has 4 aliphatic rings. The second kappa shape index (κ2) is 8.77. The van der Waals surface area contributed by atoms with E-state index in [1.807, 2.05) is 25.1 Å². The number of fused-ring (bicyclic) bond motifs is 6. The zero-order chi connectivity index (χ0) is 24.2. The van der Waals surface area contributed by atoms with Crippen LogP contribution in [0.5, 0.6) is 11.5 Å². The van der Waals surface area contributed by atoms with E-state index in [0.717, 1.165) is 53.2 Å². The van der Waals surface area contributed by atoms with Crippen LogP contribution in [-0.2, 0) is 17.6 Å². The molecule has 2 saturated heterocycles. The van der Waals surface area contributed by atoms with Gasteiger partial charge in [0.15, 0.2) is 11.5 Å². The Balaban J connectivity index is 0.00000252. The molecule has 6 heteroatoms. The number of aromatic nitrogens is 1. The van der Waals surface area contributed by atoms with E-state index in [9.17, 15) is 4.79 Å². The van der Waals surface area contributed by atoms with Crippen molar-refractivity contribution in [3.63, 3.8) is 0 Å². The van der Waals surface area contributed by atoms with E-state index < -0.39 is 0 Å². The molecule has 5 heterocycles. The van der Waals surface area contributed by atoms with Crippen molar-refractivity contribution in [2.45, 2.75) is 70.1 Å². The highest BCUT2D eigenvalue weighted by atomic mass is 16.6. The Labute approximate surface area is 213 Å². The van der Waals surface area contributed by atoms with Crippen LogP contribution in [0.15, 0.2) is 42.5 Å². The van der Waals surface area contributed by atoms with Crippen LogP contribution < -0.4 is 14.8 Å². The van der Waals surface area contributed by atoms with E-state index in [1.165, 1.54) is 36.8 Å². The Bertz CT molecular complexity index is 1330. The highest BCUT2D eigenvalue weighted by Crippen LogP contribution is 2.42. The molecule has 3 aromatic rings. The number of carbonyl (C=O) groups is 1. The summed E-state index contributed by atoms with van der Waals surface area (Å²) in [5, 5.41) is 4.10. The Kier molecular flexibility index (Phi) is 5.38. The van der Waals surface area contributed by atoms with E-state index in [4.69, 9.17) is 9.47 Å². The summed E-state index contributed by atoms with van der Waals surface area (Å²) >= 11 is 0. The van der Waals surface area contributed by atoms with Gasteiger partial charge in [-0.2, -0.15) is 0 Å². The maximum Gasteiger partial charge on any atom is 0.224 e. The first-order valence-electron chi connectivity index (χ1n) is 13.5. The van der Waals surface area contributed by atoms with Gasteiger partial charge in [0.25, 0.3) is 0 Å². The number of hydrogen-bond acceptors (Lipinski definition) is 5. The predicted molar refractivity (Wildman–Crippen MR) is 142 cm³/mol. The van der Waals surface area contributed by atoms with Gasteiger partial charge in [-0.25, -0.2) is 0 Å². The van der Waals surface area contributed by atoms with Crippen LogP contribution in [0.2, 0.25) is 0 Å². The number of pyridine rings is 1. The van der Waals surface area contributed by atoms with Crippen molar-refractivity contribution in [1.82, 2.24) is 9.88 Å². The summed E-state index contributed by atoms with van der Waals surface area (Å²) in [6, 6.07) is 16.1. The molecule has 1 aromatic heterocycles. The number of nitrogens with one attached hydrogen (secondary N) is 1. The molecule has 0 radical (unpaired) electrons. The number of aryl methyl sites for hydroxylation is 2. The fourth-order valence-corrected chi connectivity index (χ4v) is 6.93. The van der Waals surface area contributed by atoms with Crippen LogP contribution in [0, 0.1) is 12.8 Å². The zero-order valence-electron chi connectivity index (χ0n) is 20.8. The summed E-state index contributed by atoms with van der Waals surface area (Å²) in [4.78, 5) is 19.2. The number of ether oxygens (including phenoxy) is 2. The number of anilines is 1. The molecular formula is C30H35N3O3. The summed E-state index contributed by atoms with van der Waals surface area (Å²) in [7, 11) is 0. The summed E-state index contributed by atoms with van der Waals surface area (Å²) in [5.74, 6) is 2.51. The average Bonchev–Trinajstić information content (AvgIpc) is 3.10. The first-order valence-corrected chi connectivity index (χ1v) is 13.5. The maximum absolute atomic E-state index is 11.8. The minimum absolute atomic E-state index is 0. The molecule has 36 heavy (non-hydrogen) atoms. The Morgan fingerprint density at radius 2 is 1.94 bits per heavy atom. The highest BCUT2D eigenvalue weighted by Gasteiger charge is 2.42. The number of rotatable bonds is 4. The number of nitrogens with zero attached hydrogens (tertiary/aromatic N) is 2. The molecule has 4 aliphatic heterocycles. The van der Waals surface area contributed by atoms with Crippen molar-refractivity contribution in [3.8, 4) is 11.5 Å². The summed E-state index contributed by atoms with van der Waals surface area (Å²) in [6.07, 6.45) is 7.60. The Hall–Kier alpha value is -3.12. The number of hydrogen-bond donors (Lipinski definition) is 1. The van der Waals surface area contributed by atoms with Crippen molar-refractivity contribution >= 4 is 22.5 Å². The molecular weight excluding hydrogens is 450 g/mol. The largest absolute Gasteiger partial charge is 0.486 e. The second-order valence-corrected chi connectivity index (χ2v) is 11.1. The molecule has 0 aliphatic carbocycles. The number of piperidine rings is 1. The minimum Gasteiger partial charge on any atom is -0.486 e. The van der Waals surface area contributed by atoms with E-state index in [-0.39, 0.29) is 13.4 Å². The van der Waals surface area contributed by atoms with Crippen molar-refractivity contribution < 1.29 is 15.7 Å². The number of carbonyl (C=O) groups excluding carboxylic acids is 1. The molecule has 188 valence electrons. The average molecular weight is 486 g/mol. The second-order valence-electron chi connectivity index (χ2n) is 11.1. The van der Waals surface area contributed by atoms with Gasteiger partial charge in [0.05, 0.1) is 5.52 Å². The lowest BCUT2D eigenvalue weighted by Crippen LogP contribution is -2.49. The molecule has 7 rings (SSSR count). The van der Waals surface area contributed by atoms with Crippen molar-refractivity contribution in [1.29, 1.82) is 0 Å². The van der Waals surface area contributed by atoms with Crippen LogP contribution in [0.3, 0.4) is 0 Å². The topological polar surface area (TPSA) is 63.7 Å². The number of amides is 1. The van der Waals surface area contributed by atoms with Gasteiger partial charge in [-0.05, 0) is 92.8 Å². The van der Waals surface area contributed by atoms with Gasteiger partial charge in [0, 0.05) is 43.2 Å². The van der Waals surface area contributed by atoms with Crippen LogP contribution >= 0.6 is 0 Å². The fraction of sp³-hybridized carbons (Fsp3) is 0.467. The molecule has 1 amide bonds. The van der Waals surface area contributed by atoms with E-state index >= 15 is 0 Å². The van der Waals surface area contributed by atoms with E-state index in [0.29, 0.717) is 31.0 Å². The lowest BCUT2D eigenvalue weighted by molar-refractivity contribution is -0.116. The monoisotopic (exact) mass is 485 g/mol. The maximum atomic E-state index is 11.8. The van der Waals surface area contributed by atoms with Gasteiger partial charge in [0.2, 0.25) is 5.91 Å². The number of benzene rings is 2. The standard InChI is InChI=1S/C30H33N3O3.H2/c1-18-2-8-25-26(31-18)9-10-28-30(25)36-24(17-35-28)16-33-22-6-7-23(33)14-20(13-22)12-19-3-4-21-5-11-29(34)32-27(21)15-19;/h2-4,8-10,15,20,22-24H,5-7,11-14,16-17H2,1H3,(H,32,34);1H/t20?,22?,23?,24-;/m0./s1. The lowest BCUT2D eigenvalue weighted by Gasteiger charge is -2.41. The van der Waals surface area contributed by atoms with Gasteiger partial charge in [-0.15, -0.1) is 0 Å². The SMILES string of the molecule is Cc1ccc2c3c(ccc2n1)OC[C@H](CN1C2CCC1CC(Cc1ccc4c(c1)NC(=O)CC4)C2)O3.[HH]. The normalized spacial score (nSPS) is 27.1. The van der Waals surface area contributed by atoms with Crippen molar-refractivity contribution in [3.05, 3.63) is 59.3 Å². The quantitative estimate of drug-likeness (QED) is 0.543. The fourth-order valence-electron chi connectivity index (χ4n) is 6.93.